The van der Waals surface area contributed by atoms with Crippen molar-refractivity contribution in [3.63, 3.8) is 0 Å². The average Bonchev–Trinajstić information content (AvgIpc) is 2.96. The second kappa shape index (κ2) is 8.56. The van der Waals surface area contributed by atoms with Crippen LogP contribution in [0.1, 0.15) is 11.1 Å². The van der Waals surface area contributed by atoms with Crippen LogP contribution in [0.2, 0.25) is 0 Å². The summed E-state index contributed by atoms with van der Waals surface area (Å²) in [7, 11) is -2.32. The molecular weight excluding hydrogens is 415 g/mol. The SMILES string of the molecule is COCCn1c(=NC(=O)CS(=O)(=O)c2ccc(F)cc2)sc2cc(C)c(C)cc21. The van der Waals surface area contributed by atoms with Crippen LogP contribution in [0.5, 0.6) is 0 Å². The van der Waals surface area contributed by atoms with E-state index < -0.39 is 27.3 Å². The third-order valence-electron chi connectivity index (χ3n) is 4.52. The number of aryl methyl sites for hydroxylation is 2. The van der Waals surface area contributed by atoms with Crippen molar-refractivity contribution < 1.29 is 22.3 Å². The van der Waals surface area contributed by atoms with Gasteiger partial charge in [0.15, 0.2) is 14.6 Å². The highest BCUT2D eigenvalue weighted by Gasteiger charge is 2.20. The molecule has 0 aliphatic heterocycles. The van der Waals surface area contributed by atoms with Gasteiger partial charge in [-0.1, -0.05) is 11.3 Å². The molecule has 9 heteroatoms. The number of carbonyl (C=O) groups excluding carboxylic acids is 1. The molecule has 3 aromatic rings. The van der Waals surface area contributed by atoms with E-state index in [2.05, 4.69) is 4.99 Å². The van der Waals surface area contributed by atoms with E-state index in [9.17, 15) is 17.6 Å². The molecule has 2 aromatic carbocycles. The predicted molar refractivity (Wildman–Crippen MR) is 110 cm³/mol. The molecule has 0 N–H and O–H groups in total. The van der Waals surface area contributed by atoms with Crippen molar-refractivity contribution in [3.8, 4) is 0 Å². The lowest BCUT2D eigenvalue weighted by molar-refractivity contribution is -0.115. The van der Waals surface area contributed by atoms with Crippen LogP contribution in [0.15, 0.2) is 46.3 Å². The van der Waals surface area contributed by atoms with Crippen molar-refractivity contribution in [1.82, 2.24) is 4.57 Å². The fourth-order valence-corrected chi connectivity index (χ4v) is 5.09. The van der Waals surface area contributed by atoms with E-state index in [-0.39, 0.29) is 4.90 Å². The highest BCUT2D eigenvalue weighted by atomic mass is 32.2. The van der Waals surface area contributed by atoms with Gasteiger partial charge in [-0.2, -0.15) is 4.99 Å². The van der Waals surface area contributed by atoms with Crippen LogP contribution >= 0.6 is 11.3 Å². The van der Waals surface area contributed by atoms with Gasteiger partial charge in [-0.25, -0.2) is 12.8 Å². The molecule has 3 rings (SSSR count). The fourth-order valence-electron chi connectivity index (χ4n) is 2.83. The second-order valence-electron chi connectivity index (χ2n) is 6.65. The van der Waals surface area contributed by atoms with Crippen molar-refractivity contribution in [3.05, 3.63) is 58.1 Å². The topological polar surface area (TPSA) is 77.7 Å². The van der Waals surface area contributed by atoms with Gasteiger partial charge in [-0.3, -0.25) is 4.79 Å². The highest BCUT2D eigenvalue weighted by Crippen LogP contribution is 2.22. The van der Waals surface area contributed by atoms with Crippen molar-refractivity contribution in [2.45, 2.75) is 25.3 Å². The lowest BCUT2D eigenvalue weighted by atomic mass is 10.1. The number of nitrogens with zero attached hydrogens (tertiary/aromatic N) is 2. The quantitative estimate of drug-likeness (QED) is 0.557. The Morgan fingerprint density at radius 3 is 2.48 bits per heavy atom. The summed E-state index contributed by atoms with van der Waals surface area (Å²) in [5, 5.41) is 0. The molecular formula is C20H21FN2O4S2. The monoisotopic (exact) mass is 436 g/mol. The third-order valence-corrected chi connectivity index (χ3v) is 7.18. The molecule has 0 unspecified atom stereocenters. The molecule has 0 radical (unpaired) electrons. The summed E-state index contributed by atoms with van der Waals surface area (Å²) in [6.45, 7) is 4.92. The molecule has 0 fully saturated rings. The first-order valence-electron chi connectivity index (χ1n) is 8.86. The summed E-state index contributed by atoms with van der Waals surface area (Å²) in [6.07, 6.45) is 0. The number of sulfone groups is 1. The molecule has 154 valence electrons. The van der Waals surface area contributed by atoms with Gasteiger partial charge >= 0.3 is 0 Å². The van der Waals surface area contributed by atoms with E-state index in [0.717, 1.165) is 45.6 Å². The van der Waals surface area contributed by atoms with E-state index in [1.807, 2.05) is 30.5 Å². The first-order chi connectivity index (χ1) is 13.7. The van der Waals surface area contributed by atoms with Gasteiger partial charge in [0.25, 0.3) is 5.91 Å². The maximum absolute atomic E-state index is 13.0. The molecule has 1 heterocycles. The van der Waals surface area contributed by atoms with Crippen LogP contribution in [-0.2, 0) is 25.9 Å². The van der Waals surface area contributed by atoms with Crippen LogP contribution in [-0.4, -0.2) is 38.4 Å². The molecule has 0 aliphatic carbocycles. The van der Waals surface area contributed by atoms with Gasteiger partial charge in [-0.05, 0) is 61.4 Å². The molecule has 0 saturated heterocycles. The van der Waals surface area contributed by atoms with E-state index >= 15 is 0 Å². The Morgan fingerprint density at radius 2 is 1.83 bits per heavy atom. The number of fused-ring (bicyclic) bond motifs is 1. The smallest absolute Gasteiger partial charge is 0.263 e. The Labute approximate surface area is 172 Å². The minimum absolute atomic E-state index is 0.114. The Hall–Kier alpha value is -2.36. The molecule has 0 bridgehead atoms. The summed E-state index contributed by atoms with van der Waals surface area (Å²) in [5.74, 6) is -2.11. The zero-order valence-corrected chi connectivity index (χ0v) is 17.9. The maximum Gasteiger partial charge on any atom is 0.263 e. The number of thiazole rings is 1. The average molecular weight is 437 g/mol. The van der Waals surface area contributed by atoms with Crippen LogP contribution < -0.4 is 4.80 Å². The Balaban J connectivity index is 2.00. The summed E-state index contributed by atoms with van der Waals surface area (Å²) >= 11 is 1.32. The standard InChI is InChI=1S/C20H21FN2O4S2/c1-13-10-17-18(11-14(13)2)28-20(23(17)8-9-27-3)22-19(24)12-29(25,26)16-6-4-15(21)5-7-16/h4-7,10-11H,8-9,12H2,1-3H3. The number of aromatic nitrogens is 1. The molecule has 0 aliphatic rings. The Bertz CT molecular complexity index is 1230. The summed E-state index contributed by atoms with van der Waals surface area (Å²) in [4.78, 5) is 16.8. The van der Waals surface area contributed by atoms with Crippen LogP contribution in [0.25, 0.3) is 10.2 Å². The highest BCUT2D eigenvalue weighted by molar-refractivity contribution is 7.92. The normalized spacial score (nSPS) is 12.6. The maximum atomic E-state index is 13.0. The minimum Gasteiger partial charge on any atom is -0.383 e. The number of benzene rings is 2. The van der Waals surface area contributed by atoms with Gasteiger partial charge in [0.05, 0.1) is 21.7 Å². The molecule has 6 nitrogen and oxygen atoms in total. The number of carbonyl (C=O) groups is 1. The van der Waals surface area contributed by atoms with E-state index in [1.165, 1.54) is 11.3 Å². The summed E-state index contributed by atoms with van der Waals surface area (Å²) in [6, 6.07) is 8.42. The van der Waals surface area contributed by atoms with Gasteiger partial charge in [-0.15, -0.1) is 0 Å². The Morgan fingerprint density at radius 1 is 1.17 bits per heavy atom. The van der Waals surface area contributed by atoms with Crippen LogP contribution in [0.3, 0.4) is 0 Å². The fraction of sp³-hybridized carbons (Fsp3) is 0.300. The van der Waals surface area contributed by atoms with Crippen LogP contribution in [0.4, 0.5) is 4.39 Å². The number of halogens is 1. The molecule has 1 aromatic heterocycles. The number of ether oxygens (including phenoxy) is 1. The first kappa shape index (κ1) is 21.4. The summed E-state index contributed by atoms with van der Waals surface area (Å²) < 4.78 is 45.9. The number of hydrogen-bond acceptors (Lipinski definition) is 5. The number of hydrogen-bond donors (Lipinski definition) is 0. The van der Waals surface area contributed by atoms with Gasteiger partial charge < -0.3 is 9.30 Å². The largest absolute Gasteiger partial charge is 0.383 e. The lowest BCUT2D eigenvalue weighted by Gasteiger charge is -2.06. The first-order valence-corrected chi connectivity index (χ1v) is 11.3. The zero-order chi connectivity index (χ0) is 21.2. The third kappa shape index (κ3) is 4.80. The number of rotatable bonds is 6. The minimum atomic E-state index is -3.91. The molecule has 29 heavy (non-hydrogen) atoms. The van der Waals surface area contributed by atoms with Gasteiger partial charge in [0.1, 0.15) is 11.6 Å². The van der Waals surface area contributed by atoms with Gasteiger partial charge in [0.2, 0.25) is 0 Å². The van der Waals surface area contributed by atoms with E-state index in [4.69, 9.17) is 4.74 Å². The molecule has 1 amide bonds. The van der Waals surface area contributed by atoms with Gasteiger partial charge in [0, 0.05) is 13.7 Å². The van der Waals surface area contributed by atoms with Crippen molar-refractivity contribution in [1.29, 1.82) is 0 Å². The molecule has 0 atom stereocenters. The van der Waals surface area contributed by atoms with Crippen molar-refractivity contribution in [2.24, 2.45) is 4.99 Å². The second-order valence-corrected chi connectivity index (χ2v) is 9.65. The van der Waals surface area contributed by atoms with Crippen molar-refractivity contribution >= 4 is 37.3 Å². The molecule has 0 saturated carbocycles. The number of amides is 1. The summed E-state index contributed by atoms with van der Waals surface area (Å²) in [5.41, 5.74) is 3.15. The van der Waals surface area contributed by atoms with Crippen LogP contribution in [0, 0.1) is 19.7 Å². The number of methoxy groups -OCH3 is 1. The lowest BCUT2D eigenvalue weighted by Crippen LogP contribution is -2.22. The van der Waals surface area contributed by atoms with E-state index in [0.29, 0.717) is 18.0 Å². The Kier molecular flexibility index (Phi) is 6.30. The molecule has 0 spiro atoms. The van der Waals surface area contributed by atoms with E-state index in [1.54, 1.807) is 7.11 Å². The predicted octanol–water partition coefficient (Wildman–Crippen LogP) is 3.01. The zero-order valence-electron chi connectivity index (χ0n) is 16.3. The van der Waals surface area contributed by atoms with Crippen molar-refractivity contribution in [2.75, 3.05) is 19.5 Å².